The Morgan fingerprint density at radius 1 is 1.20 bits per heavy atom. The van der Waals surface area contributed by atoms with Gasteiger partial charge in [0.15, 0.2) is 0 Å². The molecular formula is C24H32N2O3S. The normalized spacial score (nSPS) is 16.2. The van der Waals surface area contributed by atoms with Gasteiger partial charge < -0.3 is 15.0 Å². The number of aryl methyl sites for hydroxylation is 1. The molecule has 1 atom stereocenters. The topological polar surface area (TPSA) is 58.6 Å². The minimum atomic E-state index is -0.476. The molecule has 1 unspecified atom stereocenters. The second-order valence-electron chi connectivity index (χ2n) is 9.03. The van der Waals surface area contributed by atoms with Crippen LogP contribution in [0.5, 0.6) is 0 Å². The predicted molar refractivity (Wildman–Crippen MR) is 121 cm³/mol. The Morgan fingerprint density at radius 2 is 1.87 bits per heavy atom. The van der Waals surface area contributed by atoms with Crippen LogP contribution in [0.1, 0.15) is 66.9 Å². The van der Waals surface area contributed by atoms with Crippen LogP contribution in [-0.2, 0) is 4.74 Å². The summed E-state index contributed by atoms with van der Waals surface area (Å²) in [5, 5.41) is 5.15. The number of carbonyl (C=O) groups excluding carboxylic acids is 2. The van der Waals surface area contributed by atoms with E-state index in [1.54, 1.807) is 16.2 Å². The molecule has 1 fully saturated rings. The van der Waals surface area contributed by atoms with Crippen molar-refractivity contribution in [3.63, 3.8) is 0 Å². The van der Waals surface area contributed by atoms with Gasteiger partial charge in [0.2, 0.25) is 0 Å². The van der Waals surface area contributed by atoms with Gasteiger partial charge >= 0.3 is 6.09 Å². The van der Waals surface area contributed by atoms with Crippen molar-refractivity contribution in [3.05, 3.63) is 57.8 Å². The van der Waals surface area contributed by atoms with Gasteiger partial charge in [0.1, 0.15) is 5.60 Å². The molecular weight excluding hydrogens is 396 g/mol. The molecule has 6 heteroatoms. The van der Waals surface area contributed by atoms with Gasteiger partial charge in [0.25, 0.3) is 5.91 Å². The van der Waals surface area contributed by atoms with Gasteiger partial charge in [-0.1, -0.05) is 30.3 Å². The largest absolute Gasteiger partial charge is 0.444 e. The summed E-state index contributed by atoms with van der Waals surface area (Å²) >= 11 is 1.59. The van der Waals surface area contributed by atoms with Crippen LogP contribution in [0.15, 0.2) is 41.8 Å². The first-order chi connectivity index (χ1) is 14.2. The predicted octanol–water partition coefficient (Wildman–Crippen LogP) is 5.56. The summed E-state index contributed by atoms with van der Waals surface area (Å²) in [7, 11) is 0. The molecule has 0 aliphatic carbocycles. The van der Waals surface area contributed by atoms with E-state index in [1.807, 2.05) is 57.3 Å². The maximum atomic E-state index is 12.8. The van der Waals surface area contributed by atoms with Gasteiger partial charge in [-0.05, 0) is 64.5 Å². The molecule has 5 nitrogen and oxygen atoms in total. The molecule has 2 heterocycles. The summed E-state index contributed by atoms with van der Waals surface area (Å²) in [6.07, 6.45) is 2.45. The zero-order chi connectivity index (χ0) is 21.7. The highest BCUT2D eigenvalue weighted by Crippen LogP contribution is 2.29. The Morgan fingerprint density at radius 3 is 2.43 bits per heavy atom. The van der Waals surface area contributed by atoms with Crippen LogP contribution in [0.2, 0.25) is 0 Å². The molecule has 2 amide bonds. The number of nitrogens with one attached hydrogen (secondary N) is 1. The second kappa shape index (κ2) is 9.65. The number of likely N-dealkylation sites (tertiary alicyclic amines) is 1. The molecule has 0 saturated carbocycles. The standard InChI is InChI=1S/C24H32N2O3S/c1-17-14-20(16-30-17)22(27)25-21(19-8-6-5-7-9-19)15-18-10-12-26(13-11-18)23(28)29-24(2,3)4/h5-9,14,16,18,21H,10-13,15H2,1-4H3,(H,25,27). The summed E-state index contributed by atoms with van der Waals surface area (Å²) in [6, 6.07) is 12.0. The van der Waals surface area contributed by atoms with E-state index in [9.17, 15) is 9.59 Å². The Hall–Kier alpha value is -2.34. The fraction of sp³-hybridized carbons (Fsp3) is 0.500. The molecule has 1 aromatic heterocycles. The van der Waals surface area contributed by atoms with Gasteiger partial charge in [-0.3, -0.25) is 4.79 Å². The highest BCUT2D eigenvalue weighted by atomic mass is 32.1. The number of hydrogen-bond donors (Lipinski definition) is 1. The Kier molecular flexibility index (Phi) is 7.19. The highest BCUT2D eigenvalue weighted by Gasteiger charge is 2.29. The minimum Gasteiger partial charge on any atom is -0.444 e. The third-order valence-electron chi connectivity index (χ3n) is 5.34. The Balaban J connectivity index is 1.62. The first-order valence-corrected chi connectivity index (χ1v) is 11.5. The zero-order valence-electron chi connectivity index (χ0n) is 18.3. The Labute approximate surface area is 183 Å². The number of carbonyl (C=O) groups is 2. The van der Waals surface area contributed by atoms with E-state index in [2.05, 4.69) is 17.4 Å². The SMILES string of the molecule is Cc1cc(C(=O)NC(CC2CCN(C(=O)OC(C)(C)C)CC2)c2ccccc2)cs1. The summed E-state index contributed by atoms with van der Waals surface area (Å²) in [6.45, 7) is 9.06. The summed E-state index contributed by atoms with van der Waals surface area (Å²) in [5.74, 6) is 0.415. The third-order valence-corrected chi connectivity index (χ3v) is 6.20. The Bertz CT molecular complexity index is 849. The molecule has 1 aliphatic rings. The van der Waals surface area contributed by atoms with E-state index in [0.717, 1.165) is 35.3 Å². The lowest BCUT2D eigenvalue weighted by Gasteiger charge is -2.35. The lowest BCUT2D eigenvalue weighted by molar-refractivity contribution is 0.0178. The molecule has 1 aromatic carbocycles. The van der Waals surface area contributed by atoms with Crippen molar-refractivity contribution < 1.29 is 14.3 Å². The fourth-order valence-electron chi connectivity index (χ4n) is 3.78. The van der Waals surface area contributed by atoms with E-state index in [-0.39, 0.29) is 18.0 Å². The number of piperidine rings is 1. The average Bonchev–Trinajstić information content (AvgIpc) is 3.14. The minimum absolute atomic E-state index is 0.0283. The molecule has 3 rings (SSSR count). The summed E-state index contributed by atoms with van der Waals surface area (Å²) in [4.78, 5) is 28.0. The van der Waals surface area contributed by atoms with Gasteiger partial charge in [0.05, 0.1) is 11.6 Å². The van der Waals surface area contributed by atoms with Gasteiger partial charge in [0, 0.05) is 23.3 Å². The number of ether oxygens (including phenoxy) is 1. The van der Waals surface area contributed by atoms with Crippen molar-refractivity contribution in [1.29, 1.82) is 0 Å². The van der Waals surface area contributed by atoms with Gasteiger partial charge in [-0.15, -0.1) is 11.3 Å². The maximum Gasteiger partial charge on any atom is 0.410 e. The molecule has 0 radical (unpaired) electrons. The first-order valence-electron chi connectivity index (χ1n) is 10.6. The third kappa shape index (κ3) is 6.33. The number of thiophene rings is 1. The number of nitrogens with zero attached hydrogens (tertiary/aromatic N) is 1. The number of benzene rings is 1. The van der Waals surface area contributed by atoms with Crippen LogP contribution in [0, 0.1) is 12.8 Å². The molecule has 2 aromatic rings. The fourth-order valence-corrected chi connectivity index (χ4v) is 4.46. The molecule has 0 spiro atoms. The van der Waals surface area contributed by atoms with Crippen LogP contribution >= 0.6 is 11.3 Å². The van der Waals surface area contributed by atoms with Crippen LogP contribution in [-0.4, -0.2) is 35.6 Å². The van der Waals surface area contributed by atoms with Crippen molar-refractivity contribution in [3.8, 4) is 0 Å². The van der Waals surface area contributed by atoms with Crippen LogP contribution in [0.4, 0.5) is 4.79 Å². The van der Waals surface area contributed by atoms with Gasteiger partial charge in [-0.2, -0.15) is 0 Å². The van der Waals surface area contributed by atoms with Crippen molar-refractivity contribution in [2.24, 2.45) is 5.92 Å². The lowest BCUT2D eigenvalue weighted by atomic mass is 9.87. The monoisotopic (exact) mass is 428 g/mol. The number of amides is 2. The van der Waals surface area contributed by atoms with Crippen molar-refractivity contribution >= 4 is 23.3 Å². The van der Waals surface area contributed by atoms with E-state index in [1.165, 1.54) is 0 Å². The first kappa shape index (κ1) is 22.3. The summed E-state index contributed by atoms with van der Waals surface area (Å²) in [5.41, 5.74) is 1.36. The van der Waals surface area contributed by atoms with Crippen LogP contribution < -0.4 is 5.32 Å². The smallest absolute Gasteiger partial charge is 0.410 e. The molecule has 1 saturated heterocycles. The van der Waals surface area contributed by atoms with Crippen molar-refractivity contribution in [2.75, 3.05) is 13.1 Å². The quantitative estimate of drug-likeness (QED) is 0.678. The zero-order valence-corrected chi connectivity index (χ0v) is 19.1. The average molecular weight is 429 g/mol. The van der Waals surface area contributed by atoms with E-state index < -0.39 is 5.60 Å². The van der Waals surface area contributed by atoms with Crippen molar-refractivity contribution in [1.82, 2.24) is 10.2 Å². The molecule has 0 bridgehead atoms. The second-order valence-corrected chi connectivity index (χ2v) is 10.1. The lowest BCUT2D eigenvalue weighted by Crippen LogP contribution is -2.42. The van der Waals surface area contributed by atoms with Crippen LogP contribution in [0.25, 0.3) is 0 Å². The highest BCUT2D eigenvalue weighted by molar-refractivity contribution is 7.10. The van der Waals surface area contributed by atoms with E-state index in [4.69, 9.17) is 4.74 Å². The van der Waals surface area contributed by atoms with Gasteiger partial charge in [-0.25, -0.2) is 4.79 Å². The summed E-state index contributed by atoms with van der Waals surface area (Å²) < 4.78 is 5.50. The number of hydrogen-bond acceptors (Lipinski definition) is 4. The maximum absolute atomic E-state index is 12.8. The number of rotatable bonds is 5. The molecule has 1 aliphatic heterocycles. The van der Waals surface area contributed by atoms with Crippen LogP contribution in [0.3, 0.4) is 0 Å². The van der Waals surface area contributed by atoms with E-state index in [0.29, 0.717) is 19.0 Å². The molecule has 162 valence electrons. The van der Waals surface area contributed by atoms with Crippen molar-refractivity contribution in [2.45, 2.75) is 58.6 Å². The van der Waals surface area contributed by atoms with E-state index >= 15 is 0 Å². The molecule has 30 heavy (non-hydrogen) atoms. The molecule has 1 N–H and O–H groups in total.